The maximum atomic E-state index is 15.7. The van der Waals surface area contributed by atoms with Gasteiger partial charge >= 0.3 is 5.97 Å². The number of amides is 2. The van der Waals surface area contributed by atoms with Crippen molar-refractivity contribution in [2.45, 2.75) is 73.8 Å². The van der Waals surface area contributed by atoms with Crippen LogP contribution < -0.4 is 20.3 Å². The van der Waals surface area contributed by atoms with Crippen LogP contribution in [0.3, 0.4) is 0 Å². The zero-order valence-corrected chi connectivity index (χ0v) is 36.7. The second-order valence-electron chi connectivity index (χ2n) is 18.0. The lowest BCUT2D eigenvalue weighted by molar-refractivity contribution is -0.177. The van der Waals surface area contributed by atoms with E-state index < -0.39 is 58.9 Å². The van der Waals surface area contributed by atoms with Crippen LogP contribution in [0.25, 0.3) is 0 Å². The second kappa shape index (κ2) is 18.4. The van der Waals surface area contributed by atoms with Crippen molar-refractivity contribution in [3.63, 3.8) is 0 Å². The number of aliphatic hydroxyl groups excluding tert-OH is 1. The van der Waals surface area contributed by atoms with Gasteiger partial charge in [-0.25, -0.2) is 0 Å². The Morgan fingerprint density at radius 3 is 2.17 bits per heavy atom. The summed E-state index contributed by atoms with van der Waals surface area (Å²) in [4.78, 5) is 50.9. The second-order valence-corrected chi connectivity index (χ2v) is 18.0. The Morgan fingerprint density at radius 2 is 1.48 bits per heavy atom. The Labute approximate surface area is 384 Å². The molecule has 3 saturated heterocycles. The highest BCUT2D eigenvalue weighted by Crippen LogP contribution is 2.65. The molecule has 2 amide bonds. The van der Waals surface area contributed by atoms with Crippen LogP contribution in [0.15, 0.2) is 127 Å². The Balaban J connectivity index is 1.18. The molecule has 10 rings (SSSR count). The lowest BCUT2D eigenvalue weighted by atomic mass is 9.65. The van der Waals surface area contributed by atoms with Crippen LogP contribution in [0, 0.1) is 17.8 Å². The lowest BCUT2D eigenvalue weighted by Gasteiger charge is -2.46. The summed E-state index contributed by atoms with van der Waals surface area (Å²) in [5.41, 5.74) is 2.47. The molecule has 1 aliphatic carbocycles. The first-order chi connectivity index (χ1) is 32.3. The predicted molar refractivity (Wildman–Crippen MR) is 250 cm³/mol. The van der Waals surface area contributed by atoms with Gasteiger partial charge in [0.2, 0.25) is 11.8 Å². The molecule has 0 radical (unpaired) electrons. The monoisotopic (exact) mass is 886 g/mol. The summed E-state index contributed by atoms with van der Waals surface area (Å²) in [5, 5.41) is 27.5. The highest BCUT2D eigenvalue weighted by atomic mass is 16.6. The highest BCUT2D eigenvalue weighted by Gasteiger charge is 2.74. The van der Waals surface area contributed by atoms with E-state index in [1.807, 2.05) is 115 Å². The number of esters is 1. The Hall–Kier alpha value is -6.49. The fourth-order valence-electron chi connectivity index (χ4n) is 11.0. The molecular weight excluding hydrogens is 833 g/mol. The number of rotatable bonds is 9. The van der Waals surface area contributed by atoms with Crippen LogP contribution in [-0.4, -0.2) is 84.1 Å². The van der Waals surface area contributed by atoms with Crippen molar-refractivity contribution in [2.75, 3.05) is 55.1 Å². The van der Waals surface area contributed by atoms with E-state index in [4.69, 9.17) is 14.2 Å². The number of fused-ring (bicyclic) bond motifs is 3. The van der Waals surface area contributed by atoms with Gasteiger partial charge in [-0.3, -0.25) is 19.3 Å². The zero-order valence-electron chi connectivity index (χ0n) is 36.7. The summed E-state index contributed by atoms with van der Waals surface area (Å²) < 4.78 is 18.0. The van der Waals surface area contributed by atoms with Gasteiger partial charge in [-0.05, 0) is 103 Å². The third kappa shape index (κ3) is 8.00. The van der Waals surface area contributed by atoms with Crippen molar-refractivity contribution in [2.24, 2.45) is 5.92 Å². The average molecular weight is 887 g/mol. The zero-order chi connectivity index (χ0) is 45.3. The Morgan fingerprint density at radius 1 is 0.803 bits per heavy atom. The number of hydrogen-bond donors (Lipinski definition) is 4. The summed E-state index contributed by atoms with van der Waals surface area (Å²) in [6, 6.07) is 36.9. The van der Waals surface area contributed by atoms with Crippen LogP contribution in [0.2, 0.25) is 0 Å². The molecule has 4 fully saturated rings. The van der Waals surface area contributed by atoms with Crippen molar-refractivity contribution in [3.05, 3.63) is 155 Å². The number of anilines is 3. The van der Waals surface area contributed by atoms with E-state index >= 15 is 14.4 Å². The van der Waals surface area contributed by atoms with E-state index in [1.165, 1.54) is 0 Å². The van der Waals surface area contributed by atoms with Crippen LogP contribution in [-0.2, 0) is 29.3 Å². The number of benzene rings is 5. The Kier molecular flexibility index (Phi) is 12.1. The fraction of sp³-hybridized carbons (Fsp3) is 0.352. The summed E-state index contributed by atoms with van der Waals surface area (Å²) in [5.74, 6) is 4.05. The molecular formula is C54H54N4O8. The van der Waals surface area contributed by atoms with Gasteiger partial charge in [0.15, 0.2) is 0 Å². The molecule has 66 heavy (non-hydrogen) atoms. The van der Waals surface area contributed by atoms with Crippen molar-refractivity contribution in [1.82, 2.24) is 4.90 Å². The molecule has 338 valence electrons. The molecule has 12 nitrogen and oxygen atoms in total. The van der Waals surface area contributed by atoms with Gasteiger partial charge in [-0.15, -0.1) is 0 Å². The van der Waals surface area contributed by atoms with E-state index in [-0.39, 0.29) is 13.2 Å². The van der Waals surface area contributed by atoms with E-state index in [9.17, 15) is 10.2 Å². The number of nitrogens with one attached hydrogen (secondary N) is 2. The number of carbonyl (C=O) groups is 3. The SMILES string of the molecule is O=C1O[C@@H](c2ccccc2)[C@@H](c2ccccc2)N2[C@@H](c3ccc(OCCO)cc3)[C@]3(C(=O)Nc4ccc(C#CC5(O)CCCCCC5)cc43)[C@@H](C(=O)Nc3ccc(N4CCOCC4)cc3)[C@H]12. The van der Waals surface area contributed by atoms with Crippen LogP contribution in [0.5, 0.6) is 5.75 Å². The van der Waals surface area contributed by atoms with Gasteiger partial charge in [-0.1, -0.05) is 97.5 Å². The number of hydrogen-bond acceptors (Lipinski definition) is 10. The van der Waals surface area contributed by atoms with Crippen LogP contribution >= 0.6 is 0 Å². The van der Waals surface area contributed by atoms with Crippen LogP contribution in [0.4, 0.5) is 17.1 Å². The van der Waals surface area contributed by atoms with Gasteiger partial charge < -0.3 is 40.0 Å². The number of carbonyl (C=O) groups excluding carboxylic acids is 3. The third-order valence-electron chi connectivity index (χ3n) is 14.0. The summed E-state index contributed by atoms with van der Waals surface area (Å²) >= 11 is 0. The van der Waals surface area contributed by atoms with Gasteiger partial charge in [0.25, 0.3) is 0 Å². The molecule has 0 aromatic heterocycles. The van der Waals surface area contributed by atoms with Crippen molar-refractivity contribution >= 4 is 34.8 Å². The minimum atomic E-state index is -1.74. The van der Waals surface area contributed by atoms with Gasteiger partial charge in [0.05, 0.1) is 37.8 Å². The minimum absolute atomic E-state index is 0.0893. The molecule has 1 spiro atoms. The van der Waals surface area contributed by atoms with Crippen molar-refractivity contribution < 1.29 is 38.8 Å². The Bertz CT molecular complexity index is 2620. The number of aliphatic hydroxyl groups is 2. The molecule has 0 unspecified atom stereocenters. The van der Waals surface area contributed by atoms with Crippen LogP contribution in [0.1, 0.15) is 84.5 Å². The molecule has 12 heteroatoms. The first-order valence-corrected chi connectivity index (χ1v) is 23.1. The minimum Gasteiger partial charge on any atom is -0.491 e. The van der Waals surface area contributed by atoms with E-state index in [1.54, 1.807) is 12.1 Å². The predicted octanol–water partition coefficient (Wildman–Crippen LogP) is 7.24. The third-order valence-corrected chi connectivity index (χ3v) is 14.0. The summed E-state index contributed by atoms with van der Waals surface area (Å²) in [6.45, 7) is 2.67. The number of cyclic esters (lactones) is 1. The molecule has 6 atom stereocenters. The molecule has 4 heterocycles. The summed E-state index contributed by atoms with van der Waals surface area (Å²) in [6.07, 6.45) is 4.20. The quantitative estimate of drug-likeness (QED) is 0.0678. The first kappa shape index (κ1) is 43.4. The first-order valence-electron chi connectivity index (χ1n) is 23.1. The molecule has 5 aliphatic rings. The highest BCUT2D eigenvalue weighted by molar-refractivity contribution is 6.13. The molecule has 4 N–H and O–H groups in total. The molecule has 5 aromatic carbocycles. The molecule has 4 aliphatic heterocycles. The van der Waals surface area contributed by atoms with Gasteiger partial charge in [-0.2, -0.15) is 0 Å². The van der Waals surface area contributed by atoms with E-state index in [0.29, 0.717) is 59.9 Å². The van der Waals surface area contributed by atoms with Crippen molar-refractivity contribution in [1.29, 1.82) is 0 Å². The maximum Gasteiger partial charge on any atom is 0.324 e. The molecule has 5 aromatic rings. The van der Waals surface area contributed by atoms with E-state index in [0.717, 1.165) is 55.6 Å². The number of morpholine rings is 2. The van der Waals surface area contributed by atoms with Gasteiger partial charge in [0, 0.05) is 35.7 Å². The normalized spacial score (nSPS) is 25.7. The standard InChI is InChI=1S/C54H54N4O8/c59-31-34-65-42-22-16-39(17-23-42)49-54(43-35-36(15-24-44(43)56-52(54)62)25-28-53(63)26-9-1-2-10-27-53)45(50(60)55-40-18-20-41(21-19-40)57-29-32-64-33-30-57)47-51(61)66-48(38-13-7-4-8-14-38)46(58(47)49)37-11-5-3-6-12-37/h3-8,11-24,35,45-49,59,63H,1-2,9-10,26-27,29-34H2,(H,55,60)(H,56,62)/t45-,46-,47-,48+,49+,54-/m1/s1. The lowest BCUT2D eigenvalue weighted by Crippen LogP contribution is -2.53. The number of nitrogens with zero attached hydrogens (tertiary/aromatic N) is 2. The average Bonchev–Trinajstić information content (AvgIpc) is 3.72. The topological polar surface area (TPSA) is 150 Å². The van der Waals surface area contributed by atoms with Gasteiger partial charge in [0.1, 0.15) is 35.5 Å². The largest absolute Gasteiger partial charge is 0.491 e. The molecule has 1 saturated carbocycles. The number of ether oxygens (including phenoxy) is 3. The smallest absolute Gasteiger partial charge is 0.324 e. The van der Waals surface area contributed by atoms with E-state index in [2.05, 4.69) is 32.3 Å². The summed E-state index contributed by atoms with van der Waals surface area (Å²) in [7, 11) is 0. The maximum absolute atomic E-state index is 15.7. The fourth-order valence-corrected chi connectivity index (χ4v) is 11.0. The molecule has 0 bridgehead atoms. The van der Waals surface area contributed by atoms with Crippen molar-refractivity contribution in [3.8, 4) is 17.6 Å².